The Kier molecular flexibility index (Phi) is 6.04. The van der Waals surface area contributed by atoms with Gasteiger partial charge in [-0.25, -0.2) is 0 Å². The first kappa shape index (κ1) is 22.1. The Balaban J connectivity index is 1.45. The standard InChI is InChI=1S/C25H25N7OS/c1-4-23(33)27-19-6-5-7-20(14-19)34-25-30-24(29-22-8-10-26-32(22)25)28-21-13-17-9-11-31(3)15-18(17)12-16(21)2/h4-8,10,12-14H,1,9,11,15H2,2-3H3,(H,27,33)(H,28,29). The van der Waals surface area contributed by atoms with E-state index in [1.807, 2.05) is 30.3 Å². The molecule has 4 aromatic rings. The van der Waals surface area contributed by atoms with Gasteiger partial charge in [-0.15, -0.1) is 0 Å². The predicted octanol–water partition coefficient (Wildman–Crippen LogP) is 4.44. The third kappa shape index (κ3) is 4.66. The lowest BCUT2D eigenvalue weighted by Gasteiger charge is -2.26. The number of carbonyl (C=O) groups is 1. The molecule has 5 rings (SSSR count). The van der Waals surface area contributed by atoms with E-state index >= 15 is 0 Å². The van der Waals surface area contributed by atoms with Crippen molar-refractivity contribution in [2.45, 2.75) is 29.9 Å². The lowest BCUT2D eigenvalue weighted by Crippen LogP contribution is -2.26. The summed E-state index contributed by atoms with van der Waals surface area (Å²) in [5, 5.41) is 11.3. The number of benzene rings is 2. The van der Waals surface area contributed by atoms with E-state index in [1.165, 1.54) is 29.0 Å². The van der Waals surface area contributed by atoms with Crippen LogP contribution in [0.2, 0.25) is 0 Å². The van der Waals surface area contributed by atoms with Gasteiger partial charge in [-0.1, -0.05) is 18.7 Å². The molecule has 172 valence electrons. The van der Waals surface area contributed by atoms with E-state index in [4.69, 9.17) is 4.98 Å². The molecule has 2 aromatic heterocycles. The van der Waals surface area contributed by atoms with Gasteiger partial charge < -0.3 is 15.5 Å². The smallest absolute Gasteiger partial charge is 0.247 e. The van der Waals surface area contributed by atoms with Crippen molar-refractivity contribution in [3.05, 3.63) is 78.0 Å². The van der Waals surface area contributed by atoms with Gasteiger partial charge in [-0.05, 0) is 79.2 Å². The van der Waals surface area contributed by atoms with E-state index in [0.717, 1.165) is 35.7 Å². The van der Waals surface area contributed by atoms with Crippen molar-refractivity contribution in [3.63, 3.8) is 0 Å². The molecular formula is C25H25N7OS. The zero-order valence-corrected chi connectivity index (χ0v) is 19.9. The Bertz CT molecular complexity index is 1400. The van der Waals surface area contributed by atoms with Crippen LogP contribution in [-0.4, -0.2) is 44.0 Å². The van der Waals surface area contributed by atoms with E-state index in [-0.39, 0.29) is 5.91 Å². The maximum absolute atomic E-state index is 11.7. The normalized spacial score (nSPS) is 13.5. The summed E-state index contributed by atoms with van der Waals surface area (Å²) < 4.78 is 1.71. The first-order valence-corrected chi connectivity index (χ1v) is 11.8. The topological polar surface area (TPSA) is 87.5 Å². The quantitative estimate of drug-likeness (QED) is 0.402. The molecule has 0 spiro atoms. The molecule has 1 amide bonds. The van der Waals surface area contributed by atoms with Crippen molar-refractivity contribution in [1.82, 2.24) is 24.5 Å². The third-order valence-corrected chi connectivity index (χ3v) is 6.65. The van der Waals surface area contributed by atoms with E-state index in [2.05, 4.69) is 58.3 Å². The van der Waals surface area contributed by atoms with Crippen LogP contribution in [0.25, 0.3) is 5.65 Å². The minimum absolute atomic E-state index is 0.253. The molecule has 0 fully saturated rings. The number of amides is 1. The van der Waals surface area contributed by atoms with E-state index in [0.29, 0.717) is 22.4 Å². The average Bonchev–Trinajstić information content (AvgIpc) is 3.29. The van der Waals surface area contributed by atoms with Gasteiger partial charge in [-0.2, -0.15) is 19.6 Å². The summed E-state index contributed by atoms with van der Waals surface area (Å²) in [6.07, 6.45) is 3.98. The van der Waals surface area contributed by atoms with Crippen molar-refractivity contribution < 1.29 is 4.79 Å². The Labute approximate surface area is 202 Å². The molecule has 34 heavy (non-hydrogen) atoms. The van der Waals surface area contributed by atoms with Crippen LogP contribution < -0.4 is 10.6 Å². The highest BCUT2D eigenvalue weighted by Crippen LogP contribution is 2.31. The Morgan fingerprint density at radius 3 is 2.91 bits per heavy atom. The van der Waals surface area contributed by atoms with Gasteiger partial charge >= 0.3 is 0 Å². The molecule has 3 heterocycles. The van der Waals surface area contributed by atoms with Crippen molar-refractivity contribution in [2.24, 2.45) is 0 Å². The number of rotatable bonds is 6. The molecule has 0 radical (unpaired) electrons. The summed E-state index contributed by atoms with van der Waals surface area (Å²) >= 11 is 1.45. The molecular weight excluding hydrogens is 446 g/mol. The molecule has 0 atom stereocenters. The lowest BCUT2D eigenvalue weighted by atomic mass is 9.96. The highest BCUT2D eigenvalue weighted by Gasteiger charge is 2.17. The molecule has 0 saturated carbocycles. The van der Waals surface area contributed by atoms with Gasteiger partial charge in [0, 0.05) is 35.4 Å². The second-order valence-corrected chi connectivity index (χ2v) is 9.34. The minimum atomic E-state index is -0.253. The number of likely N-dealkylation sites (N-methyl/N-ethyl adjacent to an activating group) is 1. The van der Waals surface area contributed by atoms with Crippen LogP contribution in [0.1, 0.15) is 16.7 Å². The molecule has 2 aromatic carbocycles. The van der Waals surface area contributed by atoms with Crippen LogP contribution in [-0.2, 0) is 17.8 Å². The average molecular weight is 472 g/mol. The maximum atomic E-state index is 11.7. The Morgan fingerprint density at radius 2 is 2.06 bits per heavy atom. The van der Waals surface area contributed by atoms with Crippen LogP contribution in [0.4, 0.5) is 17.3 Å². The molecule has 0 unspecified atom stereocenters. The molecule has 0 saturated heterocycles. The lowest BCUT2D eigenvalue weighted by molar-refractivity contribution is -0.111. The summed E-state index contributed by atoms with van der Waals surface area (Å²) in [6.45, 7) is 7.63. The monoisotopic (exact) mass is 471 g/mol. The number of anilines is 3. The summed E-state index contributed by atoms with van der Waals surface area (Å²) in [5.41, 5.74) is 6.30. The third-order valence-electron chi connectivity index (χ3n) is 5.72. The van der Waals surface area contributed by atoms with Crippen molar-refractivity contribution in [3.8, 4) is 0 Å². The van der Waals surface area contributed by atoms with Gasteiger partial charge in [0.05, 0.1) is 6.20 Å². The number of carbonyl (C=O) groups excluding carboxylic acids is 1. The largest absolute Gasteiger partial charge is 0.324 e. The summed E-state index contributed by atoms with van der Waals surface area (Å²) in [6, 6.07) is 13.9. The van der Waals surface area contributed by atoms with E-state index in [1.54, 1.807) is 10.7 Å². The fourth-order valence-corrected chi connectivity index (χ4v) is 4.89. The molecule has 2 N–H and O–H groups in total. The zero-order chi connectivity index (χ0) is 23.7. The highest BCUT2D eigenvalue weighted by molar-refractivity contribution is 7.99. The fraction of sp³-hybridized carbons (Fsp3) is 0.200. The van der Waals surface area contributed by atoms with Crippen molar-refractivity contribution in [2.75, 3.05) is 24.2 Å². The SMILES string of the molecule is C=CC(=O)Nc1cccc(Sc2nc(Nc3cc4c(cc3C)CN(C)CC4)nc3ccnn23)c1. The maximum Gasteiger partial charge on any atom is 0.247 e. The zero-order valence-electron chi connectivity index (χ0n) is 19.1. The van der Waals surface area contributed by atoms with Crippen molar-refractivity contribution in [1.29, 1.82) is 0 Å². The number of aromatic nitrogens is 4. The van der Waals surface area contributed by atoms with Gasteiger partial charge in [0.2, 0.25) is 11.9 Å². The number of hydrogen-bond donors (Lipinski definition) is 2. The van der Waals surface area contributed by atoms with Crippen LogP contribution in [0.3, 0.4) is 0 Å². The second kappa shape index (κ2) is 9.28. The van der Waals surface area contributed by atoms with Crippen LogP contribution in [0, 0.1) is 6.92 Å². The molecule has 0 bridgehead atoms. The molecule has 0 aliphatic carbocycles. The van der Waals surface area contributed by atoms with Gasteiger partial charge in [0.25, 0.3) is 0 Å². The van der Waals surface area contributed by atoms with E-state index in [9.17, 15) is 4.79 Å². The Morgan fingerprint density at radius 1 is 1.18 bits per heavy atom. The fourth-order valence-electron chi connectivity index (χ4n) is 3.99. The van der Waals surface area contributed by atoms with Crippen LogP contribution in [0.15, 0.2) is 71.4 Å². The molecule has 1 aliphatic rings. The number of nitrogens with zero attached hydrogens (tertiary/aromatic N) is 5. The summed E-state index contributed by atoms with van der Waals surface area (Å²) in [7, 11) is 2.15. The minimum Gasteiger partial charge on any atom is -0.324 e. The first-order chi connectivity index (χ1) is 16.5. The Hall–Kier alpha value is -3.69. The van der Waals surface area contributed by atoms with Crippen LogP contribution in [0.5, 0.6) is 0 Å². The summed E-state index contributed by atoms with van der Waals surface area (Å²) in [4.78, 5) is 24.3. The first-order valence-electron chi connectivity index (χ1n) is 11.0. The number of aryl methyl sites for hydroxylation is 1. The van der Waals surface area contributed by atoms with Crippen LogP contribution >= 0.6 is 11.8 Å². The van der Waals surface area contributed by atoms with Gasteiger partial charge in [0.1, 0.15) is 0 Å². The molecule has 1 aliphatic heterocycles. The van der Waals surface area contributed by atoms with Gasteiger partial charge in [0.15, 0.2) is 10.8 Å². The molecule has 9 heteroatoms. The number of hydrogen-bond acceptors (Lipinski definition) is 7. The second-order valence-electron chi connectivity index (χ2n) is 8.30. The molecule has 8 nitrogen and oxygen atoms in total. The number of nitrogens with one attached hydrogen (secondary N) is 2. The highest BCUT2D eigenvalue weighted by atomic mass is 32.2. The van der Waals surface area contributed by atoms with Crippen molar-refractivity contribution >= 4 is 40.6 Å². The predicted molar refractivity (Wildman–Crippen MR) is 135 cm³/mol. The van der Waals surface area contributed by atoms with E-state index < -0.39 is 0 Å². The summed E-state index contributed by atoms with van der Waals surface area (Å²) in [5.74, 6) is 0.264. The van der Waals surface area contributed by atoms with Gasteiger partial charge in [-0.3, -0.25) is 4.79 Å². The number of fused-ring (bicyclic) bond motifs is 2.